The normalized spacial score (nSPS) is 11.4. The quantitative estimate of drug-likeness (QED) is 0.0960. The molecule has 2 aromatic heterocycles. The van der Waals surface area contributed by atoms with Gasteiger partial charge in [0.1, 0.15) is 0 Å². The average Bonchev–Trinajstić information content (AvgIpc) is 3.63. The molecule has 0 saturated heterocycles. The van der Waals surface area contributed by atoms with Gasteiger partial charge in [-0.2, -0.15) is 13.2 Å². The van der Waals surface area contributed by atoms with Gasteiger partial charge in [0, 0.05) is 28.1 Å². The monoisotopic (exact) mass is 697 g/mol. The van der Waals surface area contributed by atoms with E-state index >= 15 is 0 Å². The number of nitrogen functional groups attached to an aromatic ring is 1. The molecule has 0 unspecified atom stereocenters. The fourth-order valence-electron chi connectivity index (χ4n) is 4.56. The van der Waals surface area contributed by atoms with Crippen LogP contribution in [0.15, 0.2) is 103 Å². The zero-order valence-corrected chi connectivity index (χ0v) is 26.7. The maximum absolute atomic E-state index is 12.3. The third-order valence-corrected chi connectivity index (χ3v) is 8.11. The summed E-state index contributed by atoms with van der Waals surface area (Å²) >= 11 is 3.26. The van der Waals surface area contributed by atoms with Gasteiger partial charge in [0.25, 0.3) is 0 Å². The zero-order valence-electron chi connectivity index (χ0n) is 24.3. The molecular formula is C33H31BrF3N5O2S. The van der Waals surface area contributed by atoms with Crippen LogP contribution in [-0.4, -0.2) is 15.8 Å². The number of halogens is 4. The van der Waals surface area contributed by atoms with E-state index in [1.807, 2.05) is 30.3 Å². The molecule has 2 heterocycles. The van der Waals surface area contributed by atoms with Gasteiger partial charge in [-0.1, -0.05) is 82.1 Å². The number of unbranched alkanes of at least 4 members (excludes halogenated alkanes) is 1. The van der Waals surface area contributed by atoms with E-state index in [0.29, 0.717) is 41.6 Å². The molecule has 0 saturated carbocycles. The summed E-state index contributed by atoms with van der Waals surface area (Å²) in [5.41, 5.74) is 7.22. The maximum atomic E-state index is 12.3. The van der Waals surface area contributed by atoms with E-state index in [1.54, 1.807) is 18.2 Å². The minimum atomic E-state index is -4.27. The van der Waals surface area contributed by atoms with Crippen LogP contribution in [0.1, 0.15) is 36.5 Å². The predicted octanol–water partition coefficient (Wildman–Crippen LogP) is 10.2. The lowest BCUT2D eigenvalue weighted by Crippen LogP contribution is -2.01. The van der Waals surface area contributed by atoms with Crippen molar-refractivity contribution in [1.82, 2.24) is 10.3 Å². The number of nitrogens with zero attached hydrogens (tertiary/aromatic N) is 2. The number of aromatic nitrogens is 2. The molecule has 0 bridgehead atoms. The molecule has 4 N–H and O–H groups in total. The van der Waals surface area contributed by atoms with Gasteiger partial charge in [0.15, 0.2) is 22.8 Å². The van der Waals surface area contributed by atoms with Crippen molar-refractivity contribution in [1.29, 1.82) is 0 Å². The van der Waals surface area contributed by atoms with Gasteiger partial charge in [0.2, 0.25) is 0 Å². The second-order valence-electron chi connectivity index (χ2n) is 10.2. The molecule has 6 aromatic rings. The number of anilines is 3. The smallest absolute Gasteiger partial charge is 0.398 e. The lowest BCUT2D eigenvalue weighted by molar-refractivity contribution is -0.0328. The molecule has 12 heteroatoms. The summed E-state index contributed by atoms with van der Waals surface area (Å²) < 4.78 is 48.3. The summed E-state index contributed by atoms with van der Waals surface area (Å²) in [4.78, 5) is 0.164. The lowest BCUT2D eigenvalue weighted by Gasteiger charge is -2.07. The van der Waals surface area contributed by atoms with Crippen molar-refractivity contribution in [2.24, 2.45) is 0 Å². The SMILES string of the molecule is CCCCc1ccc(CNc2noc3cccc(N)c23)cc1.FC(F)(F)Sc1ccc(CNc2noc3ccc(Br)cc23)cc1. The fourth-order valence-corrected chi connectivity index (χ4v) is 5.46. The van der Waals surface area contributed by atoms with Crippen LogP contribution in [0, 0.1) is 0 Å². The number of fused-ring (bicyclic) bond motifs is 2. The van der Waals surface area contributed by atoms with Crippen LogP contribution in [0.5, 0.6) is 0 Å². The largest absolute Gasteiger partial charge is 0.446 e. The Balaban J connectivity index is 0.000000178. The number of nitrogens with two attached hydrogens (primary N) is 1. The Labute approximate surface area is 270 Å². The van der Waals surface area contributed by atoms with Crippen molar-refractivity contribution in [2.45, 2.75) is 49.7 Å². The molecule has 0 atom stereocenters. The van der Waals surface area contributed by atoms with Crippen molar-refractivity contribution in [3.63, 3.8) is 0 Å². The van der Waals surface area contributed by atoms with E-state index in [-0.39, 0.29) is 16.7 Å². The molecule has 6 rings (SSSR count). The fraction of sp³-hybridized carbons (Fsp3) is 0.212. The molecule has 0 fully saturated rings. The summed E-state index contributed by atoms with van der Waals surface area (Å²) in [5.74, 6) is 1.29. The molecule has 0 aliphatic carbocycles. The highest BCUT2D eigenvalue weighted by Gasteiger charge is 2.29. The van der Waals surface area contributed by atoms with Crippen molar-refractivity contribution in [3.05, 3.63) is 106 Å². The molecule has 0 aliphatic rings. The number of thioether (sulfide) groups is 1. The number of hydrogen-bond donors (Lipinski definition) is 3. The first kappa shape index (κ1) is 32.2. The minimum Gasteiger partial charge on any atom is -0.398 e. The summed E-state index contributed by atoms with van der Waals surface area (Å²) in [6.45, 7) is 3.35. The highest BCUT2D eigenvalue weighted by atomic mass is 79.9. The van der Waals surface area contributed by atoms with Crippen molar-refractivity contribution < 1.29 is 22.2 Å². The van der Waals surface area contributed by atoms with Crippen molar-refractivity contribution in [2.75, 3.05) is 16.4 Å². The van der Waals surface area contributed by atoms with Gasteiger partial charge < -0.3 is 25.4 Å². The second kappa shape index (κ2) is 14.7. The molecule has 0 radical (unpaired) electrons. The summed E-state index contributed by atoms with van der Waals surface area (Å²) in [5, 5.41) is 16.1. The Morgan fingerprint density at radius 2 is 1.42 bits per heavy atom. The van der Waals surface area contributed by atoms with Crippen LogP contribution >= 0.6 is 27.7 Å². The van der Waals surface area contributed by atoms with E-state index in [1.165, 1.54) is 36.1 Å². The van der Waals surface area contributed by atoms with E-state index in [0.717, 1.165) is 27.2 Å². The molecule has 4 aromatic carbocycles. The first-order valence-corrected chi connectivity index (χ1v) is 15.9. The summed E-state index contributed by atoms with van der Waals surface area (Å²) in [6.07, 6.45) is 3.61. The van der Waals surface area contributed by atoms with E-state index < -0.39 is 5.51 Å². The molecular weight excluding hydrogens is 667 g/mol. The van der Waals surface area contributed by atoms with Crippen LogP contribution in [0.3, 0.4) is 0 Å². The third kappa shape index (κ3) is 8.95. The average molecular weight is 699 g/mol. The number of alkyl halides is 3. The van der Waals surface area contributed by atoms with E-state index in [4.69, 9.17) is 14.8 Å². The van der Waals surface area contributed by atoms with Crippen molar-refractivity contribution in [3.8, 4) is 0 Å². The van der Waals surface area contributed by atoms with Gasteiger partial charge in [-0.3, -0.25) is 0 Å². The molecule has 7 nitrogen and oxygen atoms in total. The maximum Gasteiger partial charge on any atom is 0.446 e. The van der Waals surface area contributed by atoms with Crippen LogP contribution in [0.2, 0.25) is 0 Å². The first-order valence-electron chi connectivity index (χ1n) is 14.3. The highest BCUT2D eigenvalue weighted by Crippen LogP contribution is 2.37. The molecule has 0 spiro atoms. The van der Waals surface area contributed by atoms with E-state index in [2.05, 4.69) is 68.1 Å². The van der Waals surface area contributed by atoms with Crippen molar-refractivity contribution >= 4 is 67.0 Å². The Morgan fingerprint density at radius 1 is 0.800 bits per heavy atom. The lowest BCUT2D eigenvalue weighted by atomic mass is 10.1. The van der Waals surface area contributed by atoms with Crippen LogP contribution in [0.4, 0.5) is 30.5 Å². The minimum absolute atomic E-state index is 0.124. The Bertz CT molecular complexity index is 1840. The van der Waals surface area contributed by atoms with Gasteiger partial charge >= 0.3 is 5.51 Å². The Morgan fingerprint density at radius 3 is 2.11 bits per heavy atom. The van der Waals surface area contributed by atoms with Gasteiger partial charge in [-0.15, -0.1) is 0 Å². The molecule has 234 valence electrons. The molecule has 45 heavy (non-hydrogen) atoms. The zero-order chi connectivity index (χ0) is 31.8. The number of aryl methyl sites for hydroxylation is 1. The summed E-state index contributed by atoms with van der Waals surface area (Å²) in [6, 6.07) is 26.0. The van der Waals surface area contributed by atoms with Crippen LogP contribution in [0.25, 0.3) is 21.9 Å². The molecule has 0 amide bonds. The first-order chi connectivity index (χ1) is 21.7. The Kier molecular flexibility index (Phi) is 10.6. The van der Waals surface area contributed by atoms with E-state index in [9.17, 15) is 13.2 Å². The number of hydrogen-bond acceptors (Lipinski definition) is 8. The predicted molar refractivity (Wildman–Crippen MR) is 178 cm³/mol. The third-order valence-electron chi connectivity index (χ3n) is 6.88. The van der Waals surface area contributed by atoms with Gasteiger partial charge in [-0.05, 0) is 83.8 Å². The number of rotatable bonds is 10. The van der Waals surface area contributed by atoms with Gasteiger partial charge in [0.05, 0.1) is 10.8 Å². The Hall–Kier alpha value is -4.16. The topological polar surface area (TPSA) is 102 Å². The standard InChI is InChI=1S/C18H21N3O.C15H10BrF3N2OS/c1-2-3-5-13-8-10-14(11-9-13)12-20-18-17-15(19)6-4-7-16(17)22-21-18;16-10-3-6-13-12(7-10)14(21-22-13)20-8-9-1-4-11(5-2-9)23-15(17,18)19/h4,6-11H,2-3,5,12,19H2,1H3,(H,20,21);1-7H,8H2,(H,20,21). The number of nitrogens with one attached hydrogen (secondary N) is 2. The van der Waals surface area contributed by atoms with Crippen LogP contribution in [-0.2, 0) is 19.5 Å². The van der Waals surface area contributed by atoms with Gasteiger partial charge in [-0.25, -0.2) is 0 Å². The highest BCUT2D eigenvalue weighted by molar-refractivity contribution is 9.10. The number of benzene rings is 4. The van der Waals surface area contributed by atoms with Crippen LogP contribution < -0.4 is 16.4 Å². The second-order valence-corrected chi connectivity index (χ2v) is 12.3. The summed E-state index contributed by atoms with van der Waals surface area (Å²) in [7, 11) is 0. The molecule has 0 aliphatic heterocycles.